The van der Waals surface area contributed by atoms with Crippen LogP contribution in [0.3, 0.4) is 0 Å². The number of aromatic nitrogens is 2. The van der Waals surface area contributed by atoms with E-state index in [1.807, 2.05) is 4.68 Å². The van der Waals surface area contributed by atoms with Crippen molar-refractivity contribution in [3.8, 4) is 0 Å². The lowest BCUT2D eigenvalue weighted by Crippen LogP contribution is -2.42. The van der Waals surface area contributed by atoms with Crippen molar-refractivity contribution in [1.29, 1.82) is 0 Å². The molecule has 1 heterocycles. The molecule has 1 aromatic heterocycles. The van der Waals surface area contributed by atoms with Crippen molar-refractivity contribution < 1.29 is 0 Å². The van der Waals surface area contributed by atoms with Crippen LogP contribution in [-0.4, -0.2) is 22.4 Å². The van der Waals surface area contributed by atoms with Crippen molar-refractivity contribution in [2.24, 2.45) is 5.41 Å². The first-order valence-electron chi connectivity index (χ1n) is 7.04. The summed E-state index contributed by atoms with van der Waals surface area (Å²) in [5.74, 6) is 0. The molecule has 2 fully saturated rings. The maximum absolute atomic E-state index is 4.38. The van der Waals surface area contributed by atoms with E-state index in [1.54, 1.807) is 0 Å². The quantitative estimate of drug-likeness (QED) is 0.817. The zero-order valence-corrected chi connectivity index (χ0v) is 10.8. The average Bonchev–Trinajstić information content (AvgIpc) is 3.01. The van der Waals surface area contributed by atoms with Crippen LogP contribution in [0.4, 0.5) is 0 Å². The van der Waals surface area contributed by atoms with Crippen LogP contribution in [0.1, 0.15) is 44.6 Å². The van der Waals surface area contributed by atoms with E-state index in [1.165, 1.54) is 50.6 Å². The lowest BCUT2D eigenvalue weighted by Gasteiger charge is -2.42. The number of aryl methyl sites for hydroxylation is 1. The lowest BCUT2D eigenvalue weighted by molar-refractivity contribution is 0.129. The molecule has 0 atom stereocenters. The summed E-state index contributed by atoms with van der Waals surface area (Å²) < 4.78 is 2.04. The van der Waals surface area contributed by atoms with Gasteiger partial charge in [-0.05, 0) is 50.0 Å². The van der Waals surface area contributed by atoms with Crippen LogP contribution >= 0.6 is 0 Å². The van der Waals surface area contributed by atoms with Crippen LogP contribution < -0.4 is 5.32 Å². The van der Waals surface area contributed by atoms with Gasteiger partial charge in [-0.25, -0.2) is 0 Å². The van der Waals surface area contributed by atoms with E-state index in [2.05, 4.69) is 29.7 Å². The molecule has 17 heavy (non-hydrogen) atoms. The normalized spacial score (nSPS) is 22.4. The van der Waals surface area contributed by atoms with Gasteiger partial charge in [-0.3, -0.25) is 4.68 Å². The molecule has 2 saturated carbocycles. The topological polar surface area (TPSA) is 29.9 Å². The Labute approximate surface area is 104 Å². The molecule has 3 heteroatoms. The van der Waals surface area contributed by atoms with Crippen LogP contribution in [0.5, 0.6) is 0 Å². The van der Waals surface area contributed by atoms with Crippen molar-refractivity contribution in [3.05, 3.63) is 18.0 Å². The first kappa shape index (κ1) is 11.3. The van der Waals surface area contributed by atoms with Gasteiger partial charge >= 0.3 is 0 Å². The zero-order chi connectivity index (χ0) is 11.7. The maximum atomic E-state index is 4.38. The molecule has 0 bridgehead atoms. The number of nitrogens with one attached hydrogen (secondary N) is 1. The Bertz CT molecular complexity index is 375. The Morgan fingerprint density at radius 3 is 2.82 bits per heavy atom. The molecule has 2 aliphatic carbocycles. The molecule has 0 unspecified atom stereocenters. The first-order chi connectivity index (χ1) is 8.30. The summed E-state index contributed by atoms with van der Waals surface area (Å²) >= 11 is 0. The third-order valence-corrected chi connectivity index (χ3v) is 4.35. The van der Waals surface area contributed by atoms with E-state index in [-0.39, 0.29) is 0 Å². The minimum atomic E-state index is 0.546. The SMILES string of the molecule is CCn1cc(CC2(CNC3CC3)CCC2)cn1. The van der Waals surface area contributed by atoms with Crippen molar-refractivity contribution in [3.63, 3.8) is 0 Å². The Morgan fingerprint density at radius 2 is 2.29 bits per heavy atom. The van der Waals surface area contributed by atoms with Gasteiger partial charge in [0, 0.05) is 25.3 Å². The van der Waals surface area contributed by atoms with E-state index < -0.39 is 0 Å². The largest absolute Gasteiger partial charge is 0.313 e. The third-order valence-electron chi connectivity index (χ3n) is 4.35. The van der Waals surface area contributed by atoms with Gasteiger partial charge in [-0.1, -0.05) is 6.42 Å². The second kappa shape index (κ2) is 4.45. The van der Waals surface area contributed by atoms with Crippen LogP contribution in [-0.2, 0) is 13.0 Å². The monoisotopic (exact) mass is 233 g/mol. The fourth-order valence-corrected chi connectivity index (χ4v) is 2.84. The van der Waals surface area contributed by atoms with Gasteiger partial charge in [0.15, 0.2) is 0 Å². The molecule has 1 N–H and O–H groups in total. The Hall–Kier alpha value is -0.830. The Kier molecular flexibility index (Phi) is 2.95. The number of nitrogens with zero attached hydrogens (tertiary/aromatic N) is 2. The summed E-state index contributed by atoms with van der Waals surface area (Å²) in [4.78, 5) is 0. The summed E-state index contributed by atoms with van der Waals surface area (Å²) in [6.45, 7) is 4.34. The van der Waals surface area contributed by atoms with Crippen molar-refractivity contribution in [1.82, 2.24) is 15.1 Å². The molecule has 0 radical (unpaired) electrons. The molecular formula is C14H23N3. The Morgan fingerprint density at radius 1 is 1.47 bits per heavy atom. The number of hydrogen-bond donors (Lipinski definition) is 1. The molecule has 1 aromatic rings. The highest BCUT2D eigenvalue weighted by atomic mass is 15.3. The first-order valence-corrected chi connectivity index (χ1v) is 7.04. The highest BCUT2D eigenvalue weighted by molar-refractivity contribution is 5.10. The van der Waals surface area contributed by atoms with Gasteiger partial charge in [0.1, 0.15) is 0 Å². The second-order valence-corrected chi connectivity index (χ2v) is 5.89. The molecule has 0 saturated heterocycles. The van der Waals surface area contributed by atoms with Gasteiger partial charge in [0.05, 0.1) is 6.20 Å². The molecule has 3 nitrogen and oxygen atoms in total. The fraction of sp³-hybridized carbons (Fsp3) is 0.786. The van der Waals surface area contributed by atoms with E-state index in [0.29, 0.717) is 5.41 Å². The van der Waals surface area contributed by atoms with Gasteiger partial charge in [-0.15, -0.1) is 0 Å². The van der Waals surface area contributed by atoms with Gasteiger partial charge in [0.25, 0.3) is 0 Å². The predicted molar refractivity (Wildman–Crippen MR) is 68.9 cm³/mol. The van der Waals surface area contributed by atoms with Crippen molar-refractivity contribution in [2.45, 2.75) is 58.0 Å². The van der Waals surface area contributed by atoms with E-state index in [0.717, 1.165) is 12.6 Å². The number of hydrogen-bond acceptors (Lipinski definition) is 2. The molecule has 94 valence electrons. The molecule has 0 amide bonds. The minimum Gasteiger partial charge on any atom is -0.313 e. The van der Waals surface area contributed by atoms with Crippen molar-refractivity contribution >= 4 is 0 Å². The fourth-order valence-electron chi connectivity index (χ4n) is 2.84. The summed E-state index contributed by atoms with van der Waals surface area (Å²) in [7, 11) is 0. The van der Waals surface area contributed by atoms with Gasteiger partial charge < -0.3 is 5.32 Å². The zero-order valence-electron chi connectivity index (χ0n) is 10.8. The van der Waals surface area contributed by atoms with E-state index in [9.17, 15) is 0 Å². The van der Waals surface area contributed by atoms with Crippen LogP contribution in [0.15, 0.2) is 12.4 Å². The van der Waals surface area contributed by atoms with Crippen LogP contribution in [0.25, 0.3) is 0 Å². The highest BCUT2D eigenvalue weighted by Crippen LogP contribution is 2.43. The lowest BCUT2D eigenvalue weighted by atomic mass is 9.65. The molecule has 0 aromatic carbocycles. The maximum Gasteiger partial charge on any atom is 0.0521 e. The summed E-state index contributed by atoms with van der Waals surface area (Å²) in [5.41, 5.74) is 1.97. The van der Waals surface area contributed by atoms with Crippen LogP contribution in [0.2, 0.25) is 0 Å². The van der Waals surface area contributed by atoms with Crippen molar-refractivity contribution in [2.75, 3.05) is 6.54 Å². The minimum absolute atomic E-state index is 0.546. The molecule has 2 aliphatic rings. The van der Waals surface area contributed by atoms with Gasteiger partial charge in [-0.2, -0.15) is 5.10 Å². The third kappa shape index (κ3) is 2.54. The summed E-state index contributed by atoms with van der Waals surface area (Å²) in [5, 5.41) is 8.09. The summed E-state index contributed by atoms with van der Waals surface area (Å²) in [6, 6.07) is 0.839. The molecule has 0 spiro atoms. The molecular weight excluding hydrogens is 210 g/mol. The van der Waals surface area contributed by atoms with E-state index >= 15 is 0 Å². The standard InChI is InChI=1S/C14H23N3/c1-2-17-10-12(9-16-17)8-14(6-3-7-14)11-15-13-4-5-13/h9-10,13,15H,2-8,11H2,1H3. The van der Waals surface area contributed by atoms with Gasteiger partial charge in [0.2, 0.25) is 0 Å². The second-order valence-electron chi connectivity index (χ2n) is 5.89. The van der Waals surface area contributed by atoms with Crippen LogP contribution in [0, 0.1) is 5.41 Å². The summed E-state index contributed by atoms with van der Waals surface area (Å²) in [6.07, 6.45) is 12.5. The molecule has 3 rings (SSSR count). The smallest absolute Gasteiger partial charge is 0.0521 e. The predicted octanol–water partition coefficient (Wildman–Crippen LogP) is 2.37. The van der Waals surface area contributed by atoms with E-state index in [4.69, 9.17) is 0 Å². The highest BCUT2D eigenvalue weighted by Gasteiger charge is 2.38. The number of rotatable bonds is 6. The average molecular weight is 233 g/mol. The Balaban J connectivity index is 1.59. The molecule has 0 aliphatic heterocycles.